The van der Waals surface area contributed by atoms with Gasteiger partial charge in [-0.05, 0) is 26.9 Å². The van der Waals surface area contributed by atoms with Crippen molar-refractivity contribution in [3.8, 4) is 0 Å². The Balaban J connectivity index is 3.52. The van der Waals surface area contributed by atoms with Crippen LogP contribution in [-0.2, 0) is 9.47 Å². The molecule has 0 heterocycles. The second-order valence-corrected chi connectivity index (χ2v) is 4.72. The van der Waals surface area contributed by atoms with Crippen molar-refractivity contribution in [3.05, 3.63) is 0 Å². The molecule has 0 bridgehead atoms. The molecule has 0 aromatic carbocycles. The Morgan fingerprint density at radius 2 is 1.74 bits per heavy atom. The van der Waals surface area contributed by atoms with Gasteiger partial charge in [0.15, 0.2) is 0 Å². The number of ether oxygens (including phenoxy) is 2. The summed E-state index contributed by atoms with van der Waals surface area (Å²) in [5.74, 6) is 0. The zero-order valence-corrected chi connectivity index (χ0v) is 13.0. The standard InChI is InChI=1S/C14H32N2O3/c1-5-16(6-2)11-13(4)15-10-14(17)12-19-9-8-18-7-3/h13-15,17H,5-12H2,1-4H3. The van der Waals surface area contributed by atoms with E-state index >= 15 is 0 Å². The fourth-order valence-electron chi connectivity index (χ4n) is 1.81. The Labute approximate surface area is 118 Å². The fraction of sp³-hybridized carbons (Fsp3) is 1.00. The Morgan fingerprint density at radius 3 is 2.32 bits per heavy atom. The molecule has 2 atom stereocenters. The largest absolute Gasteiger partial charge is 0.389 e. The summed E-state index contributed by atoms with van der Waals surface area (Å²) in [5, 5.41) is 13.1. The molecule has 0 rings (SSSR count). The van der Waals surface area contributed by atoms with Gasteiger partial charge in [0.1, 0.15) is 0 Å². The van der Waals surface area contributed by atoms with E-state index in [-0.39, 0.29) is 0 Å². The quantitative estimate of drug-likeness (QED) is 0.486. The van der Waals surface area contributed by atoms with Gasteiger partial charge in [-0.3, -0.25) is 0 Å². The number of nitrogens with zero attached hydrogens (tertiary/aromatic N) is 1. The minimum Gasteiger partial charge on any atom is -0.389 e. The van der Waals surface area contributed by atoms with Gasteiger partial charge < -0.3 is 24.8 Å². The average Bonchev–Trinajstić information content (AvgIpc) is 2.42. The lowest BCUT2D eigenvalue weighted by molar-refractivity contribution is 0.00560. The number of hydrogen-bond donors (Lipinski definition) is 2. The third-order valence-electron chi connectivity index (χ3n) is 3.01. The van der Waals surface area contributed by atoms with Crippen molar-refractivity contribution < 1.29 is 14.6 Å². The van der Waals surface area contributed by atoms with E-state index in [1.54, 1.807) is 0 Å². The molecule has 0 radical (unpaired) electrons. The van der Waals surface area contributed by atoms with E-state index in [0.29, 0.717) is 39.0 Å². The molecule has 116 valence electrons. The normalized spacial score (nSPS) is 14.8. The summed E-state index contributed by atoms with van der Waals surface area (Å²) < 4.78 is 10.5. The molecule has 0 aliphatic carbocycles. The summed E-state index contributed by atoms with van der Waals surface area (Å²) in [5.41, 5.74) is 0. The van der Waals surface area contributed by atoms with Crippen LogP contribution in [0.2, 0.25) is 0 Å². The summed E-state index contributed by atoms with van der Waals surface area (Å²) in [6, 6.07) is 0.373. The number of nitrogens with one attached hydrogen (secondary N) is 1. The summed E-state index contributed by atoms with van der Waals surface area (Å²) in [6.45, 7) is 14.3. The Morgan fingerprint density at radius 1 is 1.11 bits per heavy atom. The van der Waals surface area contributed by atoms with E-state index in [4.69, 9.17) is 9.47 Å². The Hall–Kier alpha value is -0.200. The van der Waals surface area contributed by atoms with Crippen molar-refractivity contribution >= 4 is 0 Å². The molecule has 19 heavy (non-hydrogen) atoms. The SMILES string of the molecule is CCOCCOCC(O)CNC(C)CN(CC)CC. The Bertz CT molecular complexity index is 190. The van der Waals surface area contributed by atoms with Crippen LogP contribution in [0.1, 0.15) is 27.7 Å². The van der Waals surface area contributed by atoms with Crippen LogP contribution in [0.25, 0.3) is 0 Å². The molecule has 5 heteroatoms. The van der Waals surface area contributed by atoms with Crippen LogP contribution in [-0.4, -0.2) is 74.8 Å². The zero-order valence-electron chi connectivity index (χ0n) is 13.0. The second kappa shape index (κ2) is 12.8. The molecule has 0 amide bonds. The first-order valence-corrected chi connectivity index (χ1v) is 7.43. The first-order chi connectivity index (χ1) is 9.13. The molecule has 0 aromatic heterocycles. The summed E-state index contributed by atoms with van der Waals surface area (Å²) in [6.07, 6.45) is -0.458. The molecule has 0 saturated heterocycles. The van der Waals surface area contributed by atoms with Crippen LogP contribution in [0.5, 0.6) is 0 Å². The molecule has 2 N–H and O–H groups in total. The minimum absolute atomic E-state index is 0.359. The first-order valence-electron chi connectivity index (χ1n) is 7.43. The summed E-state index contributed by atoms with van der Waals surface area (Å²) in [7, 11) is 0. The second-order valence-electron chi connectivity index (χ2n) is 4.72. The number of rotatable bonds is 13. The monoisotopic (exact) mass is 276 g/mol. The predicted octanol–water partition coefficient (Wildman–Crippen LogP) is 0.720. The average molecular weight is 276 g/mol. The van der Waals surface area contributed by atoms with Crippen LogP contribution in [0.3, 0.4) is 0 Å². The molecular weight excluding hydrogens is 244 g/mol. The molecule has 0 saturated carbocycles. The summed E-state index contributed by atoms with van der Waals surface area (Å²) in [4.78, 5) is 2.36. The third kappa shape index (κ3) is 11.3. The van der Waals surface area contributed by atoms with Crippen molar-refractivity contribution in [2.45, 2.75) is 39.8 Å². The molecule has 5 nitrogen and oxygen atoms in total. The van der Waals surface area contributed by atoms with E-state index < -0.39 is 6.10 Å². The van der Waals surface area contributed by atoms with E-state index in [0.717, 1.165) is 19.6 Å². The highest BCUT2D eigenvalue weighted by atomic mass is 16.5. The van der Waals surface area contributed by atoms with Gasteiger partial charge in [0.25, 0.3) is 0 Å². The van der Waals surface area contributed by atoms with Gasteiger partial charge in [0.2, 0.25) is 0 Å². The van der Waals surface area contributed by atoms with E-state index in [2.05, 4.69) is 31.0 Å². The zero-order chi connectivity index (χ0) is 14.5. The lowest BCUT2D eigenvalue weighted by Gasteiger charge is -2.24. The van der Waals surface area contributed by atoms with E-state index in [1.807, 2.05) is 6.92 Å². The molecule has 0 aromatic rings. The van der Waals surface area contributed by atoms with Crippen LogP contribution in [0.4, 0.5) is 0 Å². The molecule has 0 spiro atoms. The molecular formula is C14H32N2O3. The molecule has 2 unspecified atom stereocenters. The lowest BCUT2D eigenvalue weighted by Crippen LogP contribution is -2.42. The van der Waals surface area contributed by atoms with Gasteiger partial charge in [-0.25, -0.2) is 0 Å². The van der Waals surface area contributed by atoms with Crippen molar-refractivity contribution in [1.82, 2.24) is 10.2 Å². The van der Waals surface area contributed by atoms with Gasteiger partial charge in [0.05, 0.1) is 25.9 Å². The highest BCUT2D eigenvalue weighted by molar-refractivity contribution is 4.68. The molecule has 0 fully saturated rings. The maximum Gasteiger partial charge on any atom is 0.0897 e. The Kier molecular flexibility index (Phi) is 12.7. The van der Waals surface area contributed by atoms with Gasteiger partial charge in [-0.1, -0.05) is 13.8 Å². The highest BCUT2D eigenvalue weighted by Gasteiger charge is 2.09. The molecule has 0 aliphatic heterocycles. The predicted molar refractivity (Wildman–Crippen MR) is 78.6 cm³/mol. The van der Waals surface area contributed by atoms with Gasteiger partial charge in [-0.15, -0.1) is 0 Å². The van der Waals surface area contributed by atoms with Gasteiger partial charge in [0, 0.05) is 25.7 Å². The van der Waals surface area contributed by atoms with Crippen molar-refractivity contribution in [2.75, 3.05) is 52.6 Å². The fourth-order valence-corrected chi connectivity index (χ4v) is 1.81. The van der Waals surface area contributed by atoms with Crippen molar-refractivity contribution in [3.63, 3.8) is 0 Å². The van der Waals surface area contributed by atoms with Crippen molar-refractivity contribution in [2.24, 2.45) is 0 Å². The number of likely N-dealkylation sites (N-methyl/N-ethyl adjacent to an activating group) is 1. The van der Waals surface area contributed by atoms with Gasteiger partial charge in [-0.2, -0.15) is 0 Å². The number of hydrogen-bond acceptors (Lipinski definition) is 5. The first kappa shape index (κ1) is 18.8. The van der Waals surface area contributed by atoms with Crippen LogP contribution >= 0.6 is 0 Å². The number of aliphatic hydroxyl groups is 1. The van der Waals surface area contributed by atoms with E-state index in [1.165, 1.54) is 0 Å². The van der Waals surface area contributed by atoms with E-state index in [9.17, 15) is 5.11 Å². The number of aliphatic hydroxyl groups excluding tert-OH is 1. The maximum absolute atomic E-state index is 9.76. The summed E-state index contributed by atoms with van der Waals surface area (Å²) >= 11 is 0. The minimum atomic E-state index is -0.458. The van der Waals surface area contributed by atoms with Crippen LogP contribution in [0.15, 0.2) is 0 Å². The van der Waals surface area contributed by atoms with Gasteiger partial charge >= 0.3 is 0 Å². The van der Waals surface area contributed by atoms with Crippen molar-refractivity contribution in [1.29, 1.82) is 0 Å². The lowest BCUT2D eigenvalue weighted by atomic mass is 10.2. The van der Waals surface area contributed by atoms with Crippen LogP contribution in [0, 0.1) is 0 Å². The smallest absolute Gasteiger partial charge is 0.0897 e. The highest BCUT2D eigenvalue weighted by Crippen LogP contribution is 1.93. The third-order valence-corrected chi connectivity index (χ3v) is 3.01. The topological polar surface area (TPSA) is 54.0 Å². The molecule has 0 aliphatic rings. The maximum atomic E-state index is 9.76. The van der Waals surface area contributed by atoms with Crippen LogP contribution < -0.4 is 5.32 Å².